The Kier molecular flexibility index (Phi) is 4.54. The number of amides is 1. The maximum Gasteiger partial charge on any atom is 0.408 e. The minimum Gasteiger partial charge on any atom is -0.439 e. The number of nitrogens with zero attached hydrogens (tertiary/aromatic N) is 1. The molecule has 3 aromatic rings. The molecule has 2 atom stereocenters. The number of alkyl carbamates (subject to hydrolysis) is 1. The number of ether oxygens (including phenoxy) is 1. The van der Waals surface area contributed by atoms with Crippen molar-refractivity contribution in [1.29, 1.82) is 0 Å². The van der Waals surface area contributed by atoms with Crippen LogP contribution in [0.4, 0.5) is 9.18 Å². The zero-order valence-corrected chi connectivity index (χ0v) is 14.2. The van der Waals surface area contributed by atoms with Gasteiger partial charge in [-0.15, -0.1) is 0 Å². The van der Waals surface area contributed by atoms with Crippen molar-refractivity contribution in [2.75, 3.05) is 0 Å². The van der Waals surface area contributed by atoms with Gasteiger partial charge in [-0.25, -0.2) is 14.2 Å². The van der Waals surface area contributed by atoms with Gasteiger partial charge in [-0.05, 0) is 35.7 Å². The van der Waals surface area contributed by atoms with Crippen LogP contribution in [0.5, 0.6) is 0 Å². The molecule has 27 heavy (non-hydrogen) atoms. The van der Waals surface area contributed by atoms with Crippen molar-refractivity contribution in [3.63, 3.8) is 0 Å². The Balaban J connectivity index is 1.68. The first-order chi connectivity index (χ1) is 13.2. The van der Waals surface area contributed by atoms with E-state index < -0.39 is 24.1 Å². The van der Waals surface area contributed by atoms with Gasteiger partial charge in [-0.3, -0.25) is 0 Å². The van der Waals surface area contributed by atoms with Crippen LogP contribution in [0.2, 0.25) is 0 Å². The van der Waals surface area contributed by atoms with E-state index in [2.05, 4.69) is 22.1 Å². The predicted octanol–water partition coefficient (Wildman–Crippen LogP) is 4.14. The van der Waals surface area contributed by atoms with Crippen LogP contribution in [0.25, 0.3) is 0 Å². The smallest absolute Gasteiger partial charge is 0.408 e. The molecule has 0 spiro atoms. The van der Waals surface area contributed by atoms with Gasteiger partial charge in [-0.1, -0.05) is 54.5 Å². The van der Waals surface area contributed by atoms with Crippen LogP contribution >= 0.6 is 0 Å². The number of hydrogen-bond acceptors (Lipinski definition) is 3. The molecule has 132 valence electrons. The highest BCUT2D eigenvalue weighted by Gasteiger charge is 2.38. The molecule has 1 aliphatic heterocycles. The Morgan fingerprint density at radius 2 is 1.63 bits per heavy atom. The molecule has 1 fully saturated rings. The lowest BCUT2D eigenvalue weighted by atomic mass is 9.99. The number of carbonyl (C=O) groups excluding carboxylic acids is 1. The number of aromatic nitrogens is 1. The Bertz CT molecular complexity index is 1030. The molecule has 4 nitrogen and oxygen atoms in total. The fraction of sp³-hybridized carbons (Fsp3) is 0.0909. The maximum atomic E-state index is 14.5. The molecule has 0 bridgehead atoms. The van der Waals surface area contributed by atoms with Crippen molar-refractivity contribution in [2.24, 2.45) is 0 Å². The van der Waals surface area contributed by atoms with Gasteiger partial charge in [0.05, 0.1) is 0 Å². The lowest BCUT2D eigenvalue weighted by Gasteiger charge is -2.17. The Hall–Kier alpha value is -3.65. The summed E-state index contributed by atoms with van der Waals surface area (Å²) in [6.45, 7) is 0. The second-order valence-electron chi connectivity index (χ2n) is 6.04. The molecule has 1 aliphatic rings. The van der Waals surface area contributed by atoms with Gasteiger partial charge in [0.2, 0.25) is 0 Å². The molecular weight excluding hydrogens is 343 g/mol. The molecule has 1 saturated heterocycles. The van der Waals surface area contributed by atoms with Crippen LogP contribution in [0.3, 0.4) is 0 Å². The number of halogens is 1. The summed E-state index contributed by atoms with van der Waals surface area (Å²) < 4.78 is 19.8. The number of rotatable bonds is 2. The van der Waals surface area contributed by atoms with Gasteiger partial charge in [0.25, 0.3) is 0 Å². The van der Waals surface area contributed by atoms with Crippen LogP contribution in [0, 0.1) is 17.7 Å². The van der Waals surface area contributed by atoms with E-state index in [4.69, 9.17) is 4.74 Å². The molecular formula is C22H15FN2O2. The van der Waals surface area contributed by atoms with Crippen LogP contribution in [0.1, 0.15) is 34.7 Å². The SMILES string of the molecule is O=C1N[C@H](c2nc(C#Cc3ccccc3)ccc2F)[C@@H](c2ccccc2)O1. The minimum absolute atomic E-state index is 0.106. The van der Waals surface area contributed by atoms with Crippen LogP contribution in [0.15, 0.2) is 72.8 Å². The lowest BCUT2D eigenvalue weighted by Crippen LogP contribution is -2.22. The van der Waals surface area contributed by atoms with Crippen molar-refractivity contribution in [2.45, 2.75) is 12.1 Å². The van der Waals surface area contributed by atoms with Crippen molar-refractivity contribution in [3.05, 3.63) is 101 Å². The molecule has 1 amide bonds. The molecule has 4 rings (SSSR count). The van der Waals surface area contributed by atoms with Crippen molar-refractivity contribution < 1.29 is 13.9 Å². The molecule has 1 N–H and O–H groups in total. The zero-order chi connectivity index (χ0) is 18.6. The molecule has 1 aromatic heterocycles. The third-order valence-electron chi connectivity index (χ3n) is 4.21. The summed E-state index contributed by atoms with van der Waals surface area (Å²) >= 11 is 0. The number of nitrogens with one attached hydrogen (secondary N) is 1. The number of benzene rings is 2. The highest BCUT2D eigenvalue weighted by atomic mass is 19.1. The van der Waals surface area contributed by atoms with Gasteiger partial charge in [0.1, 0.15) is 23.2 Å². The van der Waals surface area contributed by atoms with E-state index >= 15 is 0 Å². The molecule has 0 saturated carbocycles. The van der Waals surface area contributed by atoms with Crippen molar-refractivity contribution in [1.82, 2.24) is 10.3 Å². The molecule has 0 unspecified atom stereocenters. The van der Waals surface area contributed by atoms with E-state index in [1.54, 1.807) is 0 Å². The molecule has 0 aliphatic carbocycles. The predicted molar refractivity (Wildman–Crippen MR) is 98.2 cm³/mol. The lowest BCUT2D eigenvalue weighted by molar-refractivity contribution is 0.131. The first-order valence-electron chi connectivity index (χ1n) is 8.46. The van der Waals surface area contributed by atoms with E-state index in [-0.39, 0.29) is 5.69 Å². The van der Waals surface area contributed by atoms with E-state index in [9.17, 15) is 9.18 Å². The summed E-state index contributed by atoms with van der Waals surface area (Å²) in [5.41, 5.74) is 2.13. The van der Waals surface area contributed by atoms with E-state index in [1.807, 2.05) is 60.7 Å². The average Bonchev–Trinajstić information content (AvgIpc) is 3.10. The second kappa shape index (κ2) is 7.30. The normalized spacial score (nSPS) is 18.2. The fourth-order valence-corrected chi connectivity index (χ4v) is 2.94. The summed E-state index contributed by atoms with van der Waals surface area (Å²) in [6.07, 6.45) is -1.26. The van der Waals surface area contributed by atoms with Crippen LogP contribution < -0.4 is 5.32 Å². The maximum absolute atomic E-state index is 14.5. The number of hydrogen-bond donors (Lipinski definition) is 1. The molecule has 5 heteroatoms. The summed E-state index contributed by atoms with van der Waals surface area (Å²) in [7, 11) is 0. The van der Waals surface area contributed by atoms with E-state index in [1.165, 1.54) is 12.1 Å². The van der Waals surface area contributed by atoms with Gasteiger partial charge in [0.15, 0.2) is 6.10 Å². The first-order valence-corrected chi connectivity index (χ1v) is 8.46. The van der Waals surface area contributed by atoms with Gasteiger partial charge < -0.3 is 10.1 Å². The molecule has 2 heterocycles. The third-order valence-corrected chi connectivity index (χ3v) is 4.21. The van der Waals surface area contributed by atoms with Gasteiger partial charge >= 0.3 is 6.09 Å². The highest BCUT2D eigenvalue weighted by molar-refractivity contribution is 5.71. The fourth-order valence-electron chi connectivity index (χ4n) is 2.94. The van der Waals surface area contributed by atoms with Gasteiger partial charge in [-0.2, -0.15) is 0 Å². The molecule has 0 radical (unpaired) electrons. The minimum atomic E-state index is -0.724. The van der Waals surface area contributed by atoms with Crippen LogP contribution in [-0.4, -0.2) is 11.1 Å². The summed E-state index contributed by atoms with van der Waals surface area (Å²) in [4.78, 5) is 16.1. The summed E-state index contributed by atoms with van der Waals surface area (Å²) in [6, 6.07) is 20.8. The number of pyridine rings is 1. The van der Waals surface area contributed by atoms with Crippen LogP contribution in [-0.2, 0) is 4.74 Å². The topological polar surface area (TPSA) is 51.2 Å². The van der Waals surface area contributed by atoms with E-state index in [0.717, 1.165) is 11.1 Å². The largest absolute Gasteiger partial charge is 0.439 e. The standard InChI is InChI=1S/C22H15FN2O2/c23-18-14-13-17(12-11-15-7-3-1-4-8-15)24-19(18)20-21(27-22(26)25-20)16-9-5-2-6-10-16/h1-10,13-14,20-21H,(H,25,26)/t20-,21-/m1/s1. The van der Waals surface area contributed by atoms with Crippen molar-refractivity contribution in [3.8, 4) is 11.8 Å². The van der Waals surface area contributed by atoms with Gasteiger partial charge in [0, 0.05) is 5.56 Å². The van der Waals surface area contributed by atoms with E-state index in [0.29, 0.717) is 5.69 Å². The Morgan fingerprint density at radius 1 is 0.926 bits per heavy atom. The van der Waals surface area contributed by atoms with Crippen molar-refractivity contribution >= 4 is 6.09 Å². The zero-order valence-electron chi connectivity index (χ0n) is 14.2. The highest BCUT2D eigenvalue weighted by Crippen LogP contribution is 2.36. The second-order valence-corrected chi connectivity index (χ2v) is 6.04. The third kappa shape index (κ3) is 3.65. The molecule has 2 aromatic carbocycles. The quantitative estimate of drug-likeness (QED) is 0.701. The summed E-state index contributed by atoms with van der Waals surface area (Å²) in [5.74, 6) is 5.42. The average molecular weight is 358 g/mol. The first kappa shape index (κ1) is 16.8. The monoisotopic (exact) mass is 358 g/mol. The Morgan fingerprint density at radius 3 is 2.37 bits per heavy atom. The number of cyclic esters (lactones) is 1. The number of carbonyl (C=O) groups is 1. The Labute approximate surface area is 156 Å². The summed E-state index contributed by atoms with van der Waals surface area (Å²) in [5, 5.41) is 2.65.